The van der Waals surface area contributed by atoms with Gasteiger partial charge in [-0.15, -0.1) is 0 Å². The maximum Gasteiger partial charge on any atom is 0.0702 e. The van der Waals surface area contributed by atoms with Gasteiger partial charge in [0.15, 0.2) is 0 Å². The Morgan fingerprint density at radius 2 is 1.50 bits per heavy atom. The zero-order valence-corrected chi connectivity index (χ0v) is 14.4. The molecule has 24 heavy (non-hydrogen) atoms. The number of hydrogen-bond acceptors (Lipinski definition) is 1. The lowest BCUT2D eigenvalue weighted by Gasteiger charge is -2.07. The number of benzene rings is 2. The molecule has 0 bridgehead atoms. The molecule has 0 atom stereocenters. The topological polar surface area (TPSA) is 12.9 Å². The number of aryl methyl sites for hydroxylation is 1. The first-order chi connectivity index (χ1) is 11.9. The van der Waals surface area contributed by atoms with Crippen LogP contribution in [0.15, 0.2) is 72.9 Å². The van der Waals surface area contributed by atoms with E-state index in [2.05, 4.69) is 72.6 Å². The SMILES string of the molecule is CCCCCCc1ccc(-c2cccc(-c3ccccc3)c2)nc1. The van der Waals surface area contributed by atoms with Crippen LogP contribution in [-0.4, -0.2) is 4.98 Å². The van der Waals surface area contributed by atoms with Gasteiger partial charge in [0.05, 0.1) is 5.69 Å². The van der Waals surface area contributed by atoms with Crippen LogP contribution in [0.2, 0.25) is 0 Å². The average molecular weight is 315 g/mol. The van der Waals surface area contributed by atoms with Crippen LogP contribution in [0.4, 0.5) is 0 Å². The summed E-state index contributed by atoms with van der Waals surface area (Å²) in [6.07, 6.45) is 8.37. The van der Waals surface area contributed by atoms with Crippen molar-refractivity contribution in [3.63, 3.8) is 0 Å². The molecule has 0 N–H and O–H groups in total. The second-order valence-corrected chi connectivity index (χ2v) is 6.31. The molecule has 0 aliphatic carbocycles. The number of unbranched alkanes of at least 4 members (excludes halogenated alkanes) is 3. The minimum atomic E-state index is 1.05. The van der Waals surface area contributed by atoms with Gasteiger partial charge in [-0.05, 0) is 41.7 Å². The van der Waals surface area contributed by atoms with Crippen molar-refractivity contribution in [3.8, 4) is 22.4 Å². The monoisotopic (exact) mass is 315 g/mol. The van der Waals surface area contributed by atoms with Gasteiger partial charge < -0.3 is 0 Å². The van der Waals surface area contributed by atoms with Gasteiger partial charge in [-0.25, -0.2) is 0 Å². The number of hydrogen-bond donors (Lipinski definition) is 0. The zero-order valence-electron chi connectivity index (χ0n) is 14.4. The standard InChI is InChI=1S/C23H25N/c1-2-3-4-6-10-19-15-16-23(24-18-19)22-14-9-13-21(17-22)20-11-7-5-8-12-20/h5,7-9,11-18H,2-4,6,10H2,1H3. The fraction of sp³-hybridized carbons (Fsp3) is 0.261. The average Bonchev–Trinajstić information content (AvgIpc) is 2.67. The Morgan fingerprint density at radius 3 is 2.25 bits per heavy atom. The normalized spacial score (nSPS) is 10.7. The van der Waals surface area contributed by atoms with E-state index in [9.17, 15) is 0 Å². The van der Waals surface area contributed by atoms with E-state index in [4.69, 9.17) is 0 Å². The number of nitrogens with zero attached hydrogens (tertiary/aromatic N) is 1. The van der Waals surface area contributed by atoms with Crippen LogP contribution >= 0.6 is 0 Å². The molecule has 3 aromatic rings. The van der Waals surface area contributed by atoms with Gasteiger partial charge in [0.25, 0.3) is 0 Å². The molecule has 2 aromatic carbocycles. The lowest BCUT2D eigenvalue weighted by Crippen LogP contribution is -1.90. The highest BCUT2D eigenvalue weighted by atomic mass is 14.7. The predicted octanol–water partition coefficient (Wildman–Crippen LogP) is 6.54. The molecule has 0 fully saturated rings. The molecule has 1 heterocycles. The summed E-state index contributed by atoms with van der Waals surface area (Å²) in [7, 11) is 0. The van der Waals surface area contributed by atoms with Crippen molar-refractivity contribution in [2.24, 2.45) is 0 Å². The number of rotatable bonds is 7. The van der Waals surface area contributed by atoms with Crippen molar-refractivity contribution < 1.29 is 0 Å². The van der Waals surface area contributed by atoms with Gasteiger partial charge in [0.1, 0.15) is 0 Å². The van der Waals surface area contributed by atoms with Crippen molar-refractivity contribution in [2.75, 3.05) is 0 Å². The Hall–Kier alpha value is -2.41. The lowest BCUT2D eigenvalue weighted by atomic mass is 10.0. The minimum Gasteiger partial charge on any atom is -0.256 e. The van der Waals surface area contributed by atoms with Crippen LogP contribution in [-0.2, 0) is 6.42 Å². The largest absolute Gasteiger partial charge is 0.256 e. The Balaban J connectivity index is 1.72. The molecule has 1 heteroatoms. The molecular weight excluding hydrogens is 290 g/mol. The summed E-state index contributed by atoms with van der Waals surface area (Å²) in [5.74, 6) is 0. The van der Waals surface area contributed by atoms with Gasteiger partial charge >= 0.3 is 0 Å². The molecule has 3 rings (SSSR count). The molecule has 122 valence electrons. The molecule has 0 saturated carbocycles. The summed E-state index contributed by atoms with van der Waals surface area (Å²) in [6, 6.07) is 23.5. The van der Waals surface area contributed by atoms with Crippen molar-refractivity contribution in [2.45, 2.75) is 39.0 Å². The van der Waals surface area contributed by atoms with E-state index in [0.717, 1.165) is 12.1 Å². The van der Waals surface area contributed by atoms with E-state index in [1.54, 1.807) is 0 Å². The molecule has 0 aliphatic heterocycles. The maximum atomic E-state index is 4.68. The smallest absolute Gasteiger partial charge is 0.0702 e. The zero-order chi connectivity index (χ0) is 16.6. The number of aromatic nitrogens is 1. The van der Waals surface area contributed by atoms with Crippen LogP contribution < -0.4 is 0 Å². The summed E-state index contributed by atoms with van der Waals surface area (Å²) in [5.41, 5.74) is 6.04. The van der Waals surface area contributed by atoms with E-state index in [0.29, 0.717) is 0 Å². The molecule has 1 aromatic heterocycles. The Bertz CT molecular complexity index is 745. The fourth-order valence-electron chi connectivity index (χ4n) is 2.99. The highest BCUT2D eigenvalue weighted by molar-refractivity contribution is 5.71. The second-order valence-electron chi connectivity index (χ2n) is 6.31. The van der Waals surface area contributed by atoms with Gasteiger partial charge in [-0.2, -0.15) is 0 Å². The third-order valence-electron chi connectivity index (χ3n) is 4.41. The van der Waals surface area contributed by atoms with Crippen molar-refractivity contribution >= 4 is 0 Å². The van der Waals surface area contributed by atoms with E-state index in [1.807, 2.05) is 12.3 Å². The van der Waals surface area contributed by atoms with Crippen LogP contribution in [0.3, 0.4) is 0 Å². The molecule has 0 spiro atoms. The highest BCUT2D eigenvalue weighted by Gasteiger charge is 2.03. The first-order valence-electron chi connectivity index (χ1n) is 8.97. The van der Waals surface area contributed by atoms with E-state index in [-0.39, 0.29) is 0 Å². The molecule has 0 amide bonds. The first kappa shape index (κ1) is 16.4. The molecule has 0 saturated heterocycles. The third kappa shape index (κ3) is 4.32. The quantitative estimate of drug-likeness (QED) is 0.451. The molecule has 1 nitrogen and oxygen atoms in total. The van der Waals surface area contributed by atoms with Crippen LogP contribution in [0.25, 0.3) is 22.4 Å². The van der Waals surface area contributed by atoms with Crippen molar-refractivity contribution in [3.05, 3.63) is 78.5 Å². The van der Waals surface area contributed by atoms with E-state index in [1.165, 1.54) is 47.9 Å². The lowest BCUT2D eigenvalue weighted by molar-refractivity contribution is 0.666. The fourth-order valence-corrected chi connectivity index (χ4v) is 2.99. The van der Waals surface area contributed by atoms with Crippen LogP contribution in [0, 0.1) is 0 Å². The van der Waals surface area contributed by atoms with Crippen LogP contribution in [0.1, 0.15) is 38.2 Å². The Labute approximate surface area is 145 Å². The van der Waals surface area contributed by atoms with Gasteiger partial charge in [0.2, 0.25) is 0 Å². The summed E-state index contributed by atoms with van der Waals surface area (Å²) < 4.78 is 0. The highest BCUT2D eigenvalue weighted by Crippen LogP contribution is 2.25. The predicted molar refractivity (Wildman–Crippen MR) is 103 cm³/mol. The molecular formula is C23H25N. The van der Waals surface area contributed by atoms with E-state index < -0.39 is 0 Å². The van der Waals surface area contributed by atoms with Crippen molar-refractivity contribution in [1.82, 2.24) is 4.98 Å². The summed E-state index contributed by atoms with van der Waals surface area (Å²) in [5, 5.41) is 0. The Kier molecular flexibility index (Phi) is 5.79. The molecule has 0 aliphatic rings. The summed E-state index contributed by atoms with van der Waals surface area (Å²) in [4.78, 5) is 4.68. The number of pyridine rings is 1. The summed E-state index contributed by atoms with van der Waals surface area (Å²) in [6.45, 7) is 2.25. The second kappa shape index (κ2) is 8.44. The van der Waals surface area contributed by atoms with Gasteiger partial charge in [0, 0.05) is 11.8 Å². The van der Waals surface area contributed by atoms with Gasteiger partial charge in [-0.1, -0.05) is 80.8 Å². The minimum absolute atomic E-state index is 1.05. The molecule has 0 unspecified atom stereocenters. The van der Waals surface area contributed by atoms with Crippen LogP contribution in [0.5, 0.6) is 0 Å². The maximum absolute atomic E-state index is 4.68. The molecule has 0 radical (unpaired) electrons. The van der Waals surface area contributed by atoms with Gasteiger partial charge in [-0.3, -0.25) is 4.98 Å². The summed E-state index contributed by atoms with van der Waals surface area (Å²) >= 11 is 0. The van der Waals surface area contributed by atoms with Crippen molar-refractivity contribution in [1.29, 1.82) is 0 Å². The third-order valence-corrected chi connectivity index (χ3v) is 4.41. The van der Waals surface area contributed by atoms with E-state index >= 15 is 0 Å². The Morgan fingerprint density at radius 1 is 0.708 bits per heavy atom. The first-order valence-corrected chi connectivity index (χ1v) is 8.97.